The van der Waals surface area contributed by atoms with Crippen molar-refractivity contribution in [3.8, 4) is 15.8 Å². The molecule has 0 bridgehead atoms. The summed E-state index contributed by atoms with van der Waals surface area (Å²) in [7, 11) is 0. The number of hydrogen-bond donors (Lipinski definition) is 1. The SMILES string of the molecule is Cc1nc(-c2ccn(Cc3ccc(Cl)cc3F)n2)sc1OC(=O)NCc1cccnc1. The monoisotopic (exact) mass is 457 g/mol. The minimum atomic E-state index is -0.578. The molecule has 0 aliphatic heterocycles. The molecule has 4 rings (SSSR count). The first kappa shape index (κ1) is 21.0. The Morgan fingerprint density at radius 1 is 1.32 bits per heavy atom. The summed E-state index contributed by atoms with van der Waals surface area (Å²) in [6.07, 6.45) is 4.49. The van der Waals surface area contributed by atoms with Gasteiger partial charge in [-0.05, 0) is 36.8 Å². The van der Waals surface area contributed by atoms with Crippen LogP contribution < -0.4 is 10.1 Å². The predicted octanol–water partition coefficient (Wildman–Crippen LogP) is 4.84. The van der Waals surface area contributed by atoms with Crippen molar-refractivity contribution in [3.63, 3.8) is 0 Å². The Labute approximate surface area is 186 Å². The quantitative estimate of drug-likeness (QED) is 0.448. The minimum absolute atomic E-state index is 0.257. The molecule has 0 radical (unpaired) electrons. The zero-order chi connectivity index (χ0) is 21.8. The first-order valence-electron chi connectivity index (χ1n) is 9.27. The van der Waals surface area contributed by atoms with Gasteiger partial charge < -0.3 is 10.1 Å². The van der Waals surface area contributed by atoms with Crippen LogP contribution in [-0.4, -0.2) is 25.8 Å². The average Bonchev–Trinajstić information content (AvgIpc) is 3.36. The standard InChI is InChI=1S/C21H17ClFN5O2S/c1-13-20(30-21(29)25-11-14-3-2-7-24-10-14)31-19(26-13)18-6-8-28(27-18)12-15-4-5-16(22)9-17(15)23/h2-10H,11-12H2,1H3,(H,25,29). The largest absolute Gasteiger partial charge is 0.413 e. The van der Waals surface area contributed by atoms with Crippen LogP contribution in [0.4, 0.5) is 9.18 Å². The molecule has 0 atom stereocenters. The normalized spacial score (nSPS) is 10.8. The highest BCUT2D eigenvalue weighted by atomic mass is 35.5. The first-order chi connectivity index (χ1) is 15.0. The third-order valence-electron chi connectivity index (χ3n) is 4.31. The van der Waals surface area contributed by atoms with E-state index in [4.69, 9.17) is 16.3 Å². The maximum Gasteiger partial charge on any atom is 0.413 e. The average molecular weight is 458 g/mol. The van der Waals surface area contributed by atoms with Crippen LogP contribution in [0.1, 0.15) is 16.8 Å². The number of halogens is 2. The van der Waals surface area contributed by atoms with Crippen LogP contribution in [0, 0.1) is 12.7 Å². The molecule has 0 saturated heterocycles. The molecule has 0 aliphatic carbocycles. The van der Waals surface area contributed by atoms with Crippen LogP contribution in [0.3, 0.4) is 0 Å². The number of nitrogens with zero attached hydrogens (tertiary/aromatic N) is 4. The number of carbonyl (C=O) groups is 1. The fraction of sp³-hybridized carbons (Fsp3) is 0.143. The minimum Gasteiger partial charge on any atom is -0.397 e. The van der Waals surface area contributed by atoms with Gasteiger partial charge in [0.25, 0.3) is 0 Å². The van der Waals surface area contributed by atoms with E-state index in [9.17, 15) is 9.18 Å². The van der Waals surface area contributed by atoms with Crippen molar-refractivity contribution in [3.05, 3.63) is 82.6 Å². The summed E-state index contributed by atoms with van der Waals surface area (Å²) in [4.78, 5) is 20.5. The molecule has 31 heavy (non-hydrogen) atoms. The summed E-state index contributed by atoms with van der Waals surface area (Å²) in [5.41, 5.74) is 2.52. The summed E-state index contributed by atoms with van der Waals surface area (Å²) in [6.45, 7) is 2.32. The van der Waals surface area contributed by atoms with Gasteiger partial charge in [0.1, 0.15) is 16.5 Å². The van der Waals surface area contributed by atoms with Crippen molar-refractivity contribution in [2.75, 3.05) is 0 Å². The highest BCUT2D eigenvalue weighted by Gasteiger charge is 2.16. The van der Waals surface area contributed by atoms with Gasteiger partial charge in [0.15, 0.2) is 0 Å². The van der Waals surface area contributed by atoms with Crippen LogP contribution >= 0.6 is 22.9 Å². The lowest BCUT2D eigenvalue weighted by atomic mass is 10.2. The molecule has 0 aliphatic rings. The van der Waals surface area contributed by atoms with Gasteiger partial charge in [0.2, 0.25) is 5.06 Å². The van der Waals surface area contributed by atoms with E-state index in [1.165, 1.54) is 17.4 Å². The molecule has 0 spiro atoms. The summed E-state index contributed by atoms with van der Waals surface area (Å²) in [6, 6.07) is 9.96. The summed E-state index contributed by atoms with van der Waals surface area (Å²) in [5.74, 6) is -0.386. The Balaban J connectivity index is 1.41. The summed E-state index contributed by atoms with van der Waals surface area (Å²) in [5, 5.41) is 8.46. The van der Waals surface area contributed by atoms with E-state index < -0.39 is 6.09 Å². The van der Waals surface area contributed by atoms with Crippen LogP contribution in [0.15, 0.2) is 55.0 Å². The van der Waals surface area contributed by atoms with Crippen LogP contribution in [0.5, 0.6) is 5.06 Å². The second-order valence-corrected chi connectivity index (χ2v) is 8.03. The molecular formula is C21H17ClFN5O2S. The van der Waals surface area contributed by atoms with Gasteiger partial charge in [-0.2, -0.15) is 5.10 Å². The zero-order valence-electron chi connectivity index (χ0n) is 16.4. The third kappa shape index (κ3) is 5.25. The number of aryl methyl sites for hydroxylation is 1. The molecule has 3 aromatic heterocycles. The number of thiazole rings is 1. The Morgan fingerprint density at radius 2 is 2.19 bits per heavy atom. The van der Waals surface area contributed by atoms with Gasteiger partial charge in [0.05, 0.1) is 12.2 Å². The van der Waals surface area contributed by atoms with Gasteiger partial charge in [0, 0.05) is 35.7 Å². The van der Waals surface area contributed by atoms with Gasteiger partial charge in [-0.3, -0.25) is 9.67 Å². The highest BCUT2D eigenvalue weighted by molar-refractivity contribution is 7.17. The van der Waals surface area contributed by atoms with E-state index in [0.717, 1.165) is 5.56 Å². The van der Waals surface area contributed by atoms with Gasteiger partial charge in [-0.1, -0.05) is 35.1 Å². The van der Waals surface area contributed by atoms with Crippen molar-refractivity contribution in [1.29, 1.82) is 0 Å². The first-order valence-corrected chi connectivity index (χ1v) is 10.5. The maximum atomic E-state index is 14.0. The number of aromatic nitrogens is 4. The van der Waals surface area contributed by atoms with Crippen molar-refractivity contribution in [1.82, 2.24) is 25.1 Å². The van der Waals surface area contributed by atoms with E-state index in [1.807, 2.05) is 6.07 Å². The molecule has 3 heterocycles. The highest BCUT2D eigenvalue weighted by Crippen LogP contribution is 2.33. The fourth-order valence-corrected chi connectivity index (χ4v) is 3.81. The zero-order valence-corrected chi connectivity index (χ0v) is 18.0. The number of nitrogens with one attached hydrogen (secondary N) is 1. The Morgan fingerprint density at radius 3 is 2.97 bits per heavy atom. The maximum absolute atomic E-state index is 14.0. The molecule has 4 aromatic rings. The van der Waals surface area contributed by atoms with E-state index in [0.29, 0.717) is 38.6 Å². The molecule has 158 valence electrons. The molecule has 1 aromatic carbocycles. The second-order valence-electron chi connectivity index (χ2n) is 6.63. The molecule has 1 N–H and O–H groups in total. The van der Waals surface area contributed by atoms with Gasteiger partial charge in [-0.25, -0.2) is 14.2 Å². The Bertz CT molecular complexity index is 1210. The number of amides is 1. The van der Waals surface area contributed by atoms with E-state index >= 15 is 0 Å². The van der Waals surface area contributed by atoms with Crippen LogP contribution in [0.25, 0.3) is 10.7 Å². The molecule has 10 heteroatoms. The molecule has 0 fully saturated rings. The summed E-state index contributed by atoms with van der Waals surface area (Å²) >= 11 is 7.01. The second kappa shape index (κ2) is 9.23. The number of rotatable bonds is 6. The molecule has 7 nitrogen and oxygen atoms in total. The van der Waals surface area contributed by atoms with Crippen molar-refractivity contribution >= 4 is 29.0 Å². The number of hydrogen-bond acceptors (Lipinski definition) is 6. The number of pyridine rings is 1. The van der Waals surface area contributed by atoms with Crippen molar-refractivity contribution in [2.45, 2.75) is 20.0 Å². The van der Waals surface area contributed by atoms with E-state index in [1.54, 1.807) is 54.5 Å². The molecular weight excluding hydrogens is 441 g/mol. The summed E-state index contributed by atoms with van der Waals surface area (Å²) < 4.78 is 21.0. The Hall–Kier alpha value is -3.30. The fourth-order valence-electron chi connectivity index (χ4n) is 2.77. The third-order valence-corrected chi connectivity index (χ3v) is 5.60. The van der Waals surface area contributed by atoms with Crippen LogP contribution in [-0.2, 0) is 13.1 Å². The number of carbonyl (C=O) groups excluding carboxylic acids is 1. The predicted molar refractivity (Wildman–Crippen MR) is 116 cm³/mol. The van der Waals surface area contributed by atoms with E-state index in [-0.39, 0.29) is 12.4 Å². The lowest BCUT2D eigenvalue weighted by Crippen LogP contribution is -2.26. The Kier molecular flexibility index (Phi) is 6.24. The topological polar surface area (TPSA) is 81.9 Å². The van der Waals surface area contributed by atoms with Gasteiger partial charge >= 0.3 is 6.09 Å². The molecule has 0 saturated carbocycles. The van der Waals surface area contributed by atoms with Crippen molar-refractivity contribution in [2.24, 2.45) is 0 Å². The lowest BCUT2D eigenvalue weighted by Gasteiger charge is -2.05. The van der Waals surface area contributed by atoms with Crippen LogP contribution in [0.2, 0.25) is 5.02 Å². The number of ether oxygens (including phenoxy) is 1. The molecule has 1 amide bonds. The smallest absolute Gasteiger partial charge is 0.397 e. The molecule has 0 unspecified atom stereocenters. The van der Waals surface area contributed by atoms with E-state index in [2.05, 4.69) is 20.4 Å². The van der Waals surface area contributed by atoms with Crippen molar-refractivity contribution < 1.29 is 13.9 Å². The van der Waals surface area contributed by atoms with Gasteiger partial charge in [-0.15, -0.1) is 0 Å². The lowest BCUT2D eigenvalue weighted by molar-refractivity contribution is 0.201. The number of benzene rings is 1.